The summed E-state index contributed by atoms with van der Waals surface area (Å²) in [6.45, 7) is 1.93. The third-order valence-corrected chi connectivity index (χ3v) is 2.79. The number of ether oxygens (including phenoxy) is 1. The maximum atomic E-state index is 6.00. The van der Waals surface area contributed by atoms with Crippen LogP contribution in [0.1, 0.15) is 5.56 Å². The molecule has 0 atom stereocenters. The fourth-order valence-corrected chi connectivity index (χ4v) is 1.89. The molecule has 4 heteroatoms. The van der Waals surface area contributed by atoms with Crippen molar-refractivity contribution in [3.63, 3.8) is 0 Å². The second kappa shape index (κ2) is 4.85. The molecule has 0 N–H and O–H groups in total. The van der Waals surface area contributed by atoms with E-state index in [4.69, 9.17) is 16.3 Å². The molecular weight excluding hydrogens is 289 g/mol. The van der Waals surface area contributed by atoms with Crippen LogP contribution in [-0.4, -0.2) is 4.98 Å². The fraction of sp³-hybridized carbons (Fsp3) is 0.0833. The van der Waals surface area contributed by atoms with Crippen molar-refractivity contribution in [3.05, 3.63) is 51.6 Å². The van der Waals surface area contributed by atoms with Gasteiger partial charge in [-0.05, 0) is 41.1 Å². The van der Waals surface area contributed by atoms with Gasteiger partial charge in [0.1, 0.15) is 5.75 Å². The lowest BCUT2D eigenvalue weighted by molar-refractivity contribution is 0.459. The Morgan fingerprint density at radius 3 is 2.75 bits per heavy atom. The summed E-state index contributed by atoms with van der Waals surface area (Å²) >= 11 is 9.35. The molecule has 2 aromatic rings. The van der Waals surface area contributed by atoms with Crippen LogP contribution in [0.4, 0.5) is 0 Å². The van der Waals surface area contributed by atoms with Gasteiger partial charge in [0.15, 0.2) is 0 Å². The Morgan fingerprint density at radius 1 is 1.31 bits per heavy atom. The summed E-state index contributed by atoms with van der Waals surface area (Å²) in [5.74, 6) is 1.18. The lowest BCUT2D eigenvalue weighted by atomic mass is 10.3. The summed E-state index contributed by atoms with van der Waals surface area (Å²) in [4.78, 5) is 4.19. The van der Waals surface area contributed by atoms with Crippen molar-refractivity contribution in [2.45, 2.75) is 6.92 Å². The topological polar surface area (TPSA) is 22.1 Å². The highest BCUT2D eigenvalue weighted by Crippen LogP contribution is 2.30. The van der Waals surface area contributed by atoms with Gasteiger partial charge in [0, 0.05) is 16.2 Å². The largest absolute Gasteiger partial charge is 0.437 e. The number of nitrogens with zero attached hydrogens (tertiary/aromatic N) is 1. The summed E-state index contributed by atoms with van der Waals surface area (Å²) in [5.41, 5.74) is 0.953. The first-order chi connectivity index (χ1) is 7.66. The number of hydrogen-bond acceptors (Lipinski definition) is 2. The number of pyridine rings is 1. The third kappa shape index (κ3) is 2.54. The van der Waals surface area contributed by atoms with Crippen LogP contribution < -0.4 is 4.74 Å². The van der Waals surface area contributed by atoms with E-state index in [0.29, 0.717) is 16.7 Å². The molecule has 0 saturated heterocycles. The third-order valence-electron chi connectivity index (χ3n) is 2.04. The number of rotatable bonds is 2. The van der Waals surface area contributed by atoms with Crippen LogP contribution in [0.25, 0.3) is 0 Å². The van der Waals surface area contributed by atoms with Crippen molar-refractivity contribution in [1.82, 2.24) is 4.98 Å². The number of hydrogen-bond donors (Lipinski definition) is 0. The van der Waals surface area contributed by atoms with E-state index in [2.05, 4.69) is 20.9 Å². The van der Waals surface area contributed by atoms with E-state index >= 15 is 0 Å². The summed E-state index contributed by atoms with van der Waals surface area (Å²) in [6, 6.07) is 9.27. The molecule has 0 aliphatic heterocycles. The number of aryl methyl sites for hydroxylation is 1. The lowest BCUT2D eigenvalue weighted by Gasteiger charge is -2.08. The molecule has 1 aromatic carbocycles. The molecular formula is C12H9BrClNO. The van der Waals surface area contributed by atoms with E-state index in [1.165, 1.54) is 0 Å². The van der Waals surface area contributed by atoms with Gasteiger partial charge in [-0.2, -0.15) is 0 Å². The maximum Gasteiger partial charge on any atom is 0.222 e. The molecule has 0 fully saturated rings. The lowest BCUT2D eigenvalue weighted by Crippen LogP contribution is -1.91. The zero-order valence-electron chi connectivity index (χ0n) is 8.58. The minimum atomic E-state index is 0.566. The number of aromatic nitrogens is 1. The average Bonchev–Trinajstić information content (AvgIpc) is 2.25. The molecule has 0 spiro atoms. The highest BCUT2D eigenvalue weighted by Gasteiger charge is 2.06. The average molecular weight is 299 g/mol. The van der Waals surface area contributed by atoms with Gasteiger partial charge in [-0.1, -0.05) is 23.7 Å². The van der Waals surface area contributed by atoms with E-state index in [1.54, 1.807) is 12.3 Å². The van der Waals surface area contributed by atoms with Crippen molar-refractivity contribution in [3.8, 4) is 11.6 Å². The van der Waals surface area contributed by atoms with Crippen LogP contribution in [0, 0.1) is 6.92 Å². The fourth-order valence-electron chi connectivity index (χ4n) is 1.27. The Kier molecular flexibility index (Phi) is 3.46. The quantitative estimate of drug-likeness (QED) is 0.808. The van der Waals surface area contributed by atoms with Crippen LogP contribution in [0.3, 0.4) is 0 Å². The Morgan fingerprint density at radius 2 is 2.06 bits per heavy atom. The van der Waals surface area contributed by atoms with Gasteiger partial charge in [-0.15, -0.1) is 0 Å². The monoisotopic (exact) mass is 297 g/mol. The molecule has 82 valence electrons. The van der Waals surface area contributed by atoms with Crippen LogP contribution in [-0.2, 0) is 0 Å². The standard InChI is InChI=1S/C12H9BrClNO/c1-8-6-9(13)7-15-12(8)16-11-5-3-2-4-10(11)14/h2-7H,1H3. The van der Waals surface area contributed by atoms with Gasteiger partial charge in [0.25, 0.3) is 0 Å². The van der Waals surface area contributed by atoms with Crippen LogP contribution in [0.15, 0.2) is 41.0 Å². The predicted molar refractivity (Wildman–Crippen MR) is 68.2 cm³/mol. The molecule has 1 aromatic heterocycles. The van der Waals surface area contributed by atoms with Crippen LogP contribution >= 0.6 is 27.5 Å². The first-order valence-corrected chi connectivity index (χ1v) is 5.88. The molecule has 0 bridgehead atoms. The zero-order chi connectivity index (χ0) is 11.5. The van der Waals surface area contributed by atoms with Crippen molar-refractivity contribution in [2.24, 2.45) is 0 Å². The first-order valence-electron chi connectivity index (χ1n) is 4.71. The van der Waals surface area contributed by atoms with Crippen molar-refractivity contribution < 1.29 is 4.74 Å². The first kappa shape index (κ1) is 11.4. The second-order valence-corrected chi connectivity index (χ2v) is 4.63. The van der Waals surface area contributed by atoms with Crippen molar-refractivity contribution in [2.75, 3.05) is 0 Å². The molecule has 0 radical (unpaired) electrons. The highest BCUT2D eigenvalue weighted by atomic mass is 79.9. The molecule has 0 aliphatic rings. The van der Waals surface area contributed by atoms with E-state index in [9.17, 15) is 0 Å². The molecule has 2 rings (SSSR count). The Balaban J connectivity index is 2.31. The molecule has 0 amide bonds. The molecule has 1 heterocycles. The highest BCUT2D eigenvalue weighted by molar-refractivity contribution is 9.10. The molecule has 2 nitrogen and oxygen atoms in total. The van der Waals surface area contributed by atoms with E-state index < -0.39 is 0 Å². The Hall–Kier alpha value is -1.06. The zero-order valence-corrected chi connectivity index (χ0v) is 10.9. The molecule has 0 aliphatic carbocycles. The smallest absolute Gasteiger partial charge is 0.222 e. The van der Waals surface area contributed by atoms with Gasteiger partial charge in [-0.3, -0.25) is 0 Å². The van der Waals surface area contributed by atoms with Crippen molar-refractivity contribution >= 4 is 27.5 Å². The predicted octanol–water partition coefficient (Wildman–Crippen LogP) is 4.60. The van der Waals surface area contributed by atoms with Gasteiger partial charge in [-0.25, -0.2) is 4.98 Å². The van der Waals surface area contributed by atoms with Gasteiger partial charge in [0.2, 0.25) is 5.88 Å². The molecule has 0 saturated carbocycles. The summed E-state index contributed by atoms with van der Waals surface area (Å²) < 4.78 is 6.56. The number of benzene rings is 1. The maximum absolute atomic E-state index is 6.00. The minimum Gasteiger partial charge on any atom is -0.437 e. The normalized spacial score (nSPS) is 10.2. The number of para-hydroxylation sites is 1. The Labute approximate surface area is 107 Å². The van der Waals surface area contributed by atoms with Crippen LogP contribution in [0.5, 0.6) is 11.6 Å². The molecule has 16 heavy (non-hydrogen) atoms. The van der Waals surface area contributed by atoms with Crippen molar-refractivity contribution in [1.29, 1.82) is 0 Å². The van der Waals surface area contributed by atoms with Gasteiger partial charge < -0.3 is 4.74 Å². The Bertz CT molecular complexity index is 516. The van der Waals surface area contributed by atoms with Gasteiger partial charge >= 0.3 is 0 Å². The van der Waals surface area contributed by atoms with E-state index in [1.807, 2.05) is 31.2 Å². The SMILES string of the molecule is Cc1cc(Br)cnc1Oc1ccccc1Cl. The van der Waals surface area contributed by atoms with E-state index in [0.717, 1.165) is 10.0 Å². The van der Waals surface area contributed by atoms with E-state index in [-0.39, 0.29) is 0 Å². The summed E-state index contributed by atoms with van der Waals surface area (Å²) in [7, 11) is 0. The minimum absolute atomic E-state index is 0.566. The molecule has 0 unspecified atom stereocenters. The van der Waals surface area contributed by atoms with Gasteiger partial charge in [0.05, 0.1) is 5.02 Å². The summed E-state index contributed by atoms with van der Waals surface area (Å²) in [5, 5.41) is 0.576. The van der Waals surface area contributed by atoms with Crippen LogP contribution in [0.2, 0.25) is 5.02 Å². The number of halogens is 2. The summed E-state index contributed by atoms with van der Waals surface area (Å²) in [6.07, 6.45) is 1.69. The second-order valence-electron chi connectivity index (χ2n) is 3.31.